The molecule has 0 aromatic carbocycles. The first-order chi connectivity index (χ1) is 7.77. The lowest BCUT2D eigenvalue weighted by Gasteiger charge is -2.21. The molecule has 16 heavy (non-hydrogen) atoms. The Hall–Kier alpha value is -0.650. The maximum absolute atomic E-state index is 11.5. The molecule has 2 N–H and O–H groups in total. The van der Waals surface area contributed by atoms with E-state index in [0.717, 1.165) is 25.8 Å². The Bertz CT molecular complexity index is 211. The zero-order valence-electron chi connectivity index (χ0n) is 9.95. The first-order valence-corrected chi connectivity index (χ1v) is 5.88. The number of likely N-dealkylation sites (tertiary alicyclic amines) is 1. The maximum atomic E-state index is 11.5. The van der Waals surface area contributed by atoms with Crippen LogP contribution in [-0.4, -0.2) is 61.9 Å². The van der Waals surface area contributed by atoms with Gasteiger partial charge in [0.15, 0.2) is 0 Å². The van der Waals surface area contributed by atoms with Gasteiger partial charge < -0.3 is 15.2 Å². The number of hydrogen-bond donors (Lipinski definition) is 2. The molecule has 0 radical (unpaired) electrons. The number of hydrogen-bond acceptors (Lipinski definition) is 4. The predicted octanol–water partition coefficient (Wildman–Crippen LogP) is -0.404. The van der Waals surface area contributed by atoms with Crippen molar-refractivity contribution in [1.29, 1.82) is 0 Å². The highest BCUT2D eigenvalue weighted by Gasteiger charge is 2.24. The van der Waals surface area contributed by atoms with E-state index in [-0.39, 0.29) is 18.6 Å². The van der Waals surface area contributed by atoms with Crippen molar-refractivity contribution in [3.8, 4) is 0 Å². The van der Waals surface area contributed by atoms with Crippen molar-refractivity contribution in [2.75, 3.05) is 40.0 Å². The summed E-state index contributed by atoms with van der Waals surface area (Å²) in [6.07, 6.45) is 2.90. The minimum absolute atomic E-state index is 0.0384. The van der Waals surface area contributed by atoms with Gasteiger partial charge in [0.2, 0.25) is 5.91 Å². The third-order valence-corrected chi connectivity index (χ3v) is 2.90. The molecule has 5 nitrogen and oxygen atoms in total. The number of ether oxygens (including phenoxy) is 1. The predicted molar refractivity (Wildman–Crippen MR) is 61.2 cm³/mol. The first-order valence-electron chi connectivity index (χ1n) is 5.88. The van der Waals surface area contributed by atoms with Gasteiger partial charge in [-0.25, -0.2) is 0 Å². The summed E-state index contributed by atoms with van der Waals surface area (Å²) < 4.78 is 4.90. The van der Waals surface area contributed by atoms with Crippen molar-refractivity contribution in [1.82, 2.24) is 10.2 Å². The Labute approximate surface area is 96.8 Å². The molecule has 0 aliphatic carbocycles. The Morgan fingerprint density at radius 3 is 3.12 bits per heavy atom. The smallest absolute Gasteiger partial charge is 0.234 e. The van der Waals surface area contributed by atoms with Crippen molar-refractivity contribution in [2.45, 2.75) is 25.3 Å². The lowest BCUT2D eigenvalue weighted by atomic mass is 10.2. The van der Waals surface area contributed by atoms with Crippen LogP contribution in [0.1, 0.15) is 19.3 Å². The second-order valence-corrected chi connectivity index (χ2v) is 4.15. The highest BCUT2D eigenvalue weighted by molar-refractivity contribution is 5.78. The standard InChI is InChI=1S/C11H22N2O3/c1-16-7-3-5-12-11(15)8-13-6-2-4-10(13)9-14/h10,14H,2-9H2,1H3,(H,12,15)/t10-/m0/s1. The molecule has 0 saturated carbocycles. The quantitative estimate of drug-likeness (QED) is 0.584. The van der Waals surface area contributed by atoms with Crippen LogP contribution in [0.5, 0.6) is 0 Å². The number of carbonyl (C=O) groups is 1. The molecule has 5 heteroatoms. The van der Waals surface area contributed by atoms with E-state index < -0.39 is 0 Å². The molecule has 0 unspecified atom stereocenters. The third-order valence-electron chi connectivity index (χ3n) is 2.90. The summed E-state index contributed by atoms with van der Waals surface area (Å²) in [5.41, 5.74) is 0. The van der Waals surface area contributed by atoms with Crippen molar-refractivity contribution in [3.63, 3.8) is 0 Å². The second-order valence-electron chi connectivity index (χ2n) is 4.15. The number of nitrogens with one attached hydrogen (secondary N) is 1. The van der Waals surface area contributed by atoms with Crippen LogP contribution in [0, 0.1) is 0 Å². The van der Waals surface area contributed by atoms with Crippen molar-refractivity contribution in [3.05, 3.63) is 0 Å². The topological polar surface area (TPSA) is 61.8 Å². The largest absolute Gasteiger partial charge is 0.395 e. The monoisotopic (exact) mass is 230 g/mol. The van der Waals surface area contributed by atoms with E-state index in [1.54, 1.807) is 7.11 Å². The van der Waals surface area contributed by atoms with E-state index in [0.29, 0.717) is 19.7 Å². The number of methoxy groups -OCH3 is 1. The molecule has 1 heterocycles. The van der Waals surface area contributed by atoms with Crippen molar-refractivity contribution < 1.29 is 14.6 Å². The molecule has 1 aliphatic rings. The van der Waals surface area contributed by atoms with Gasteiger partial charge in [0.1, 0.15) is 0 Å². The molecule has 0 aromatic heterocycles. The van der Waals surface area contributed by atoms with Crippen LogP contribution in [0.15, 0.2) is 0 Å². The molecule has 0 bridgehead atoms. The Kier molecular flexibility index (Phi) is 6.37. The molecule has 1 aliphatic heterocycles. The highest BCUT2D eigenvalue weighted by Crippen LogP contribution is 2.15. The number of nitrogens with zero attached hydrogens (tertiary/aromatic N) is 1. The molecule has 1 rings (SSSR count). The van der Waals surface area contributed by atoms with Gasteiger partial charge in [0, 0.05) is 26.3 Å². The molecule has 1 fully saturated rings. The third kappa shape index (κ3) is 4.47. The molecule has 1 saturated heterocycles. The van der Waals surface area contributed by atoms with E-state index in [1.807, 2.05) is 4.90 Å². The van der Waals surface area contributed by atoms with E-state index >= 15 is 0 Å². The lowest BCUT2D eigenvalue weighted by molar-refractivity contribution is -0.122. The average Bonchev–Trinajstić information content (AvgIpc) is 2.71. The molecule has 1 amide bonds. The number of aliphatic hydroxyl groups excluding tert-OH is 1. The van der Waals surface area contributed by atoms with Crippen LogP contribution in [0.4, 0.5) is 0 Å². The van der Waals surface area contributed by atoms with Gasteiger partial charge in [0.25, 0.3) is 0 Å². The fourth-order valence-corrected chi connectivity index (χ4v) is 1.99. The van der Waals surface area contributed by atoms with Crippen LogP contribution < -0.4 is 5.32 Å². The van der Waals surface area contributed by atoms with Crippen molar-refractivity contribution in [2.24, 2.45) is 0 Å². The minimum atomic E-state index is 0.0384. The fraction of sp³-hybridized carbons (Fsp3) is 0.909. The van der Waals surface area contributed by atoms with Gasteiger partial charge in [0.05, 0.1) is 13.2 Å². The van der Waals surface area contributed by atoms with Gasteiger partial charge in [-0.1, -0.05) is 0 Å². The molecular weight excluding hydrogens is 208 g/mol. The Morgan fingerprint density at radius 2 is 2.44 bits per heavy atom. The zero-order chi connectivity index (χ0) is 11.8. The van der Waals surface area contributed by atoms with Crippen LogP contribution in [-0.2, 0) is 9.53 Å². The van der Waals surface area contributed by atoms with Gasteiger partial charge in [-0.05, 0) is 25.8 Å². The Morgan fingerprint density at radius 1 is 1.62 bits per heavy atom. The van der Waals surface area contributed by atoms with Crippen LogP contribution in [0.2, 0.25) is 0 Å². The van der Waals surface area contributed by atoms with Gasteiger partial charge in [-0.3, -0.25) is 9.69 Å². The number of aliphatic hydroxyl groups is 1. The van der Waals surface area contributed by atoms with E-state index in [4.69, 9.17) is 9.84 Å². The Balaban J connectivity index is 2.13. The lowest BCUT2D eigenvalue weighted by Crippen LogP contribution is -2.41. The summed E-state index contributed by atoms with van der Waals surface area (Å²) in [6.45, 7) is 2.79. The molecule has 94 valence electrons. The fourth-order valence-electron chi connectivity index (χ4n) is 1.99. The summed E-state index contributed by atoms with van der Waals surface area (Å²) >= 11 is 0. The maximum Gasteiger partial charge on any atom is 0.234 e. The first kappa shape index (κ1) is 13.4. The van der Waals surface area contributed by atoms with Crippen LogP contribution in [0.25, 0.3) is 0 Å². The molecule has 1 atom stereocenters. The van der Waals surface area contributed by atoms with E-state index in [1.165, 1.54) is 0 Å². The van der Waals surface area contributed by atoms with Crippen molar-refractivity contribution >= 4 is 5.91 Å². The normalized spacial score (nSPS) is 21.2. The van der Waals surface area contributed by atoms with Gasteiger partial charge >= 0.3 is 0 Å². The number of rotatable bonds is 7. The van der Waals surface area contributed by atoms with E-state index in [9.17, 15) is 4.79 Å². The number of carbonyl (C=O) groups excluding carboxylic acids is 1. The molecule has 0 aromatic rings. The van der Waals surface area contributed by atoms with Gasteiger partial charge in [-0.15, -0.1) is 0 Å². The van der Waals surface area contributed by atoms with Crippen LogP contribution in [0.3, 0.4) is 0 Å². The van der Waals surface area contributed by atoms with Crippen LogP contribution >= 0.6 is 0 Å². The SMILES string of the molecule is COCCCNC(=O)CN1CCC[C@H]1CO. The summed E-state index contributed by atoms with van der Waals surface area (Å²) in [5.74, 6) is 0.0384. The summed E-state index contributed by atoms with van der Waals surface area (Å²) in [7, 11) is 1.65. The summed E-state index contributed by atoms with van der Waals surface area (Å²) in [4.78, 5) is 13.6. The minimum Gasteiger partial charge on any atom is -0.395 e. The zero-order valence-corrected chi connectivity index (χ0v) is 9.95. The van der Waals surface area contributed by atoms with Gasteiger partial charge in [-0.2, -0.15) is 0 Å². The second kappa shape index (κ2) is 7.60. The molecule has 0 spiro atoms. The summed E-state index contributed by atoms with van der Waals surface area (Å²) in [5, 5.41) is 12.0. The molecular formula is C11H22N2O3. The summed E-state index contributed by atoms with van der Waals surface area (Å²) in [6, 6.07) is 0.171. The van der Waals surface area contributed by atoms with E-state index in [2.05, 4.69) is 5.32 Å². The number of amides is 1. The average molecular weight is 230 g/mol. The highest BCUT2D eigenvalue weighted by atomic mass is 16.5.